The average Bonchev–Trinajstić information content (AvgIpc) is 2.78. The van der Waals surface area contributed by atoms with Crippen molar-refractivity contribution in [2.75, 3.05) is 6.54 Å². The van der Waals surface area contributed by atoms with E-state index in [-0.39, 0.29) is 5.92 Å². The lowest BCUT2D eigenvalue weighted by atomic mass is 9.97. The third-order valence-corrected chi connectivity index (χ3v) is 3.54. The molecule has 1 nitrogen and oxygen atoms in total. The van der Waals surface area contributed by atoms with Crippen LogP contribution in [0.3, 0.4) is 0 Å². The molecule has 1 saturated carbocycles. The van der Waals surface area contributed by atoms with Gasteiger partial charge in [0.1, 0.15) is 0 Å². The summed E-state index contributed by atoms with van der Waals surface area (Å²) in [6, 6.07) is 4.95. The Morgan fingerprint density at radius 3 is 2.88 bits per heavy atom. The van der Waals surface area contributed by atoms with Crippen molar-refractivity contribution in [1.29, 1.82) is 0 Å². The lowest BCUT2D eigenvalue weighted by Gasteiger charge is -2.13. The number of nitrogens with one attached hydrogen (secondary N) is 1. The molecule has 1 aliphatic rings. The summed E-state index contributed by atoms with van der Waals surface area (Å²) in [7, 11) is 0. The van der Waals surface area contributed by atoms with E-state index in [1.807, 2.05) is 0 Å². The molecule has 3 heteroatoms. The van der Waals surface area contributed by atoms with Crippen LogP contribution in [-0.2, 0) is 0 Å². The topological polar surface area (TPSA) is 12.0 Å². The van der Waals surface area contributed by atoms with Crippen molar-refractivity contribution in [2.24, 2.45) is 0 Å². The smallest absolute Gasteiger partial charge is 0.162 e. The largest absolute Gasteiger partial charge is 0.314 e. The third-order valence-electron chi connectivity index (χ3n) is 3.54. The van der Waals surface area contributed by atoms with Crippen LogP contribution in [0.5, 0.6) is 0 Å². The maximum Gasteiger partial charge on any atom is 0.162 e. The molecule has 94 valence electrons. The van der Waals surface area contributed by atoms with E-state index in [9.17, 15) is 8.78 Å². The van der Waals surface area contributed by atoms with Crippen molar-refractivity contribution < 1.29 is 8.78 Å². The second-order valence-electron chi connectivity index (χ2n) is 4.80. The van der Waals surface area contributed by atoms with Crippen LogP contribution >= 0.6 is 0 Å². The van der Waals surface area contributed by atoms with Crippen molar-refractivity contribution in [1.82, 2.24) is 5.32 Å². The van der Waals surface area contributed by atoms with Gasteiger partial charge in [0.05, 0.1) is 0 Å². The fraction of sp³-hybridized carbons (Fsp3) is 0.571. The van der Waals surface area contributed by atoms with Crippen molar-refractivity contribution in [2.45, 2.75) is 44.6 Å². The molecule has 2 rings (SSSR count). The molecule has 1 fully saturated rings. The van der Waals surface area contributed by atoms with E-state index in [0.29, 0.717) is 11.6 Å². The zero-order valence-electron chi connectivity index (χ0n) is 10.2. The summed E-state index contributed by atoms with van der Waals surface area (Å²) < 4.78 is 26.8. The van der Waals surface area contributed by atoms with E-state index in [0.717, 1.165) is 32.2 Å². The average molecular weight is 239 g/mol. The molecular weight excluding hydrogens is 220 g/mol. The van der Waals surface area contributed by atoms with Gasteiger partial charge in [-0.2, -0.15) is 0 Å². The number of hydrogen-bond donors (Lipinski definition) is 1. The maximum absolute atomic E-state index is 13.6. The molecule has 17 heavy (non-hydrogen) atoms. The van der Waals surface area contributed by atoms with Crippen LogP contribution in [0, 0.1) is 11.6 Å². The highest BCUT2D eigenvalue weighted by Gasteiger charge is 2.27. The minimum Gasteiger partial charge on any atom is -0.314 e. The Morgan fingerprint density at radius 2 is 2.12 bits per heavy atom. The van der Waals surface area contributed by atoms with Gasteiger partial charge in [-0.15, -0.1) is 0 Å². The van der Waals surface area contributed by atoms with Gasteiger partial charge in [-0.3, -0.25) is 0 Å². The molecule has 2 atom stereocenters. The maximum atomic E-state index is 13.6. The van der Waals surface area contributed by atoms with Crippen molar-refractivity contribution >= 4 is 0 Å². The predicted molar refractivity (Wildman–Crippen MR) is 65.0 cm³/mol. The number of benzene rings is 1. The summed E-state index contributed by atoms with van der Waals surface area (Å²) >= 11 is 0. The highest BCUT2D eigenvalue weighted by molar-refractivity contribution is 5.24. The van der Waals surface area contributed by atoms with Gasteiger partial charge in [-0.05, 0) is 49.8 Å². The molecule has 0 aromatic heterocycles. The van der Waals surface area contributed by atoms with Gasteiger partial charge in [0, 0.05) is 6.04 Å². The molecule has 0 spiro atoms. The number of hydrogen-bond acceptors (Lipinski definition) is 1. The van der Waals surface area contributed by atoms with Gasteiger partial charge in [0.25, 0.3) is 0 Å². The fourth-order valence-electron chi connectivity index (χ4n) is 2.63. The Morgan fingerprint density at radius 1 is 1.29 bits per heavy atom. The van der Waals surface area contributed by atoms with Gasteiger partial charge >= 0.3 is 0 Å². The van der Waals surface area contributed by atoms with Crippen molar-refractivity contribution in [3.63, 3.8) is 0 Å². The SMILES string of the molecule is CCCNC1CCC(c2cccc(F)c2F)C1. The second-order valence-corrected chi connectivity index (χ2v) is 4.80. The summed E-state index contributed by atoms with van der Waals surface area (Å²) in [4.78, 5) is 0. The quantitative estimate of drug-likeness (QED) is 0.846. The highest BCUT2D eigenvalue weighted by atomic mass is 19.2. The zero-order valence-corrected chi connectivity index (χ0v) is 10.2. The van der Waals surface area contributed by atoms with Crippen LogP contribution in [0.1, 0.15) is 44.1 Å². The molecule has 2 unspecified atom stereocenters. The molecular formula is C14H19F2N. The van der Waals surface area contributed by atoms with Crippen LogP contribution in [0.15, 0.2) is 18.2 Å². The minimum atomic E-state index is -0.729. The summed E-state index contributed by atoms with van der Waals surface area (Å²) in [6.07, 6.45) is 4.03. The van der Waals surface area contributed by atoms with Crippen LogP contribution in [-0.4, -0.2) is 12.6 Å². The molecule has 0 amide bonds. The molecule has 0 radical (unpaired) electrons. The van der Waals surface area contributed by atoms with E-state index < -0.39 is 11.6 Å². The first-order valence-corrected chi connectivity index (χ1v) is 6.39. The molecule has 0 bridgehead atoms. The Labute approximate surface area is 101 Å². The minimum absolute atomic E-state index is 0.167. The van der Waals surface area contributed by atoms with Gasteiger partial charge in [0.15, 0.2) is 11.6 Å². The van der Waals surface area contributed by atoms with Gasteiger partial charge in [-0.25, -0.2) is 8.78 Å². The Kier molecular flexibility index (Phi) is 4.11. The van der Waals surface area contributed by atoms with Crippen LogP contribution in [0.25, 0.3) is 0 Å². The summed E-state index contributed by atoms with van der Waals surface area (Å²) in [6.45, 7) is 3.13. The molecule has 0 heterocycles. The second kappa shape index (κ2) is 5.58. The molecule has 1 aromatic carbocycles. The predicted octanol–water partition coefficient (Wildman–Crippen LogP) is 3.60. The summed E-state index contributed by atoms with van der Waals surface area (Å²) in [5, 5.41) is 3.45. The van der Waals surface area contributed by atoms with E-state index >= 15 is 0 Å². The van der Waals surface area contributed by atoms with Gasteiger partial charge in [0.2, 0.25) is 0 Å². The third kappa shape index (κ3) is 2.83. The normalized spacial score (nSPS) is 24.2. The number of halogens is 2. The zero-order chi connectivity index (χ0) is 12.3. The molecule has 0 aliphatic heterocycles. The van der Waals surface area contributed by atoms with Crippen LogP contribution in [0.4, 0.5) is 8.78 Å². The highest BCUT2D eigenvalue weighted by Crippen LogP contribution is 2.36. The Bertz CT molecular complexity index is 378. The molecule has 1 aromatic rings. The summed E-state index contributed by atoms with van der Waals surface area (Å²) in [5.74, 6) is -1.22. The van der Waals surface area contributed by atoms with E-state index in [1.54, 1.807) is 12.1 Å². The number of rotatable bonds is 4. The van der Waals surface area contributed by atoms with Gasteiger partial charge < -0.3 is 5.32 Å². The van der Waals surface area contributed by atoms with Crippen molar-refractivity contribution in [3.8, 4) is 0 Å². The standard InChI is InChI=1S/C14H19F2N/c1-2-8-17-11-7-6-10(9-11)12-4-3-5-13(15)14(12)16/h3-5,10-11,17H,2,6-9H2,1H3. The Hall–Kier alpha value is -0.960. The summed E-state index contributed by atoms with van der Waals surface area (Å²) in [5.41, 5.74) is 0.547. The first-order valence-electron chi connectivity index (χ1n) is 6.39. The monoisotopic (exact) mass is 239 g/mol. The fourth-order valence-corrected chi connectivity index (χ4v) is 2.63. The van der Waals surface area contributed by atoms with Crippen LogP contribution < -0.4 is 5.32 Å². The first kappa shape index (κ1) is 12.5. The van der Waals surface area contributed by atoms with Crippen molar-refractivity contribution in [3.05, 3.63) is 35.4 Å². The van der Waals surface area contributed by atoms with Crippen LogP contribution in [0.2, 0.25) is 0 Å². The lowest BCUT2D eigenvalue weighted by Crippen LogP contribution is -2.26. The first-order chi connectivity index (χ1) is 8.22. The van der Waals surface area contributed by atoms with E-state index in [1.165, 1.54) is 6.07 Å². The lowest BCUT2D eigenvalue weighted by molar-refractivity contribution is 0.481. The van der Waals surface area contributed by atoms with Gasteiger partial charge in [-0.1, -0.05) is 19.1 Å². The Balaban J connectivity index is 2.02. The molecule has 0 saturated heterocycles. The molecule has 1 N–H and O–H groups in total. The molecule has 1 aliphatic carbocycles. The van der Waals surface area contributed by atoms with E-state index in [2.05, 4.69) is 12.2 Å². The van der Waals surface area contributed by atoms with E-state index in [4.69, 9.17) is 0 Å².